The first-order valence-electron chi connectivity index (χ1n) is 14.4. The number of benzene rings is 5. The van der Waals surface area contributed by atoms with E-state index in [0.29, 0.717) is 37.5 Å². The van der Waals surface area contributed by atoms with Gasteiger partial charge in [-0.1, -0.05) is 82.7 Å². The number of carbonyl (C=O) groups excluding carboxylic acids is 3. The van der Waals surface area contributed by atoms with E-state index in [2.05, 4.69) is 31.9 Å². The number of ether oxygens (including phenoxy) is 1. The third-order valence-corrected chi connectivity index (χ3v) is 8.55. The maximum atomic E-state index is 14.6. The summed E-state index contributed by atoms with van der Waals surface area (Å²) in [6.45, 7) is 0. The highest BCUT2D eigenvalue weighted by atomic mass is 79.9. The lowest BCUT2D eigenvalue weighted by Gasteiger charge is -2.18. The fraction of sp³-hybridized carbons (Fsp3) is 0.0541. The third kappa shape index (κ3) is 9.18. The van der Waals surface area contributed by atoms with Crippen LogP contribution in [0.1, 0.15) is 26.7 Å². The molecule has 5 rings (SSSR count). The van der Waals surface area contributed by atoms with Crippen LogP contribution in [0.15, 0.2) is 142 Å². The van der Waals surface area contributed by atoms with Gasteiger partial charge in [-0.3, -0.25) is 14.4 Å². The lowest BCUT2D eigenvalue weighted by Crippen LogP contribution is -2.30. The van der Waals surface area contributed by atoms with Crippen molar-refractivity contribution in [3.8, 4) is 5.75 Å². The number of rotatable bonds is 11. The molecule has 0 fully saturated rings. The summed E-state index contributed by atoms with van der Waals surface area (Å²) < 4.78 is 20.4. The molecule has 7 nitrogen and oxygen atoms in total. The van der Waals surface area contributed by atoms with Crippen molar-refractivity contribution in [1.29, 1.82) is 0 Å². The molecule has 47 heavy (non-hydrogen) atoms. The molecule has 5 aromatic carbocycles. The summed E-state index contributed by atoms with van der Waals surface area (Å²) >= 11 is 4.48. The van der Waals surface area contributed by atoms with Crippen LogP contribution in [0, 0.1) is 5.82 Å². The molecule has 5 aromatic rings. The van der Waals surface area contributed by atoms with Gasteiger partial charge in [0.25, 0.3) is 11.8 Å². The van der Waals surface area contributed by atoms with Gasteiger partial charge in [0.1, 0.15) is 22.5 Å². The van der Waals surface area contributed by atoms with E-state index in [9.17, 15) is 18.8 Å². The van der Waals surface area contributed by atoms with E-state index in [-0.39, 0.29) is 11.4 Å². The molecule has 3 amide bonds. The van der Waals surface area contributed by atoms with Crippen molar-refractivity contribution in [3.63, 3.8) is 0 Å². The molecule has 0 saturated carbocycles. The van der Waals surface area contributed by atoms with E-state index in [1.165, 1.54) is 23.9 Å². The molecule has 0 aliphatic carbocycles. The van der Waals surface area contributed by atoms with Crippen LogP contribution in [0.5, 0.6) is 5.75 Å². The fourth-order valence-electron chi connectivity index (χ4n) is 4.51. The van der Waals surface area contributed by atoms with E-state index in [0.717, 1.165) is 0 Å². The van der Waals surface area contributed by atoms with Crippen LogP contribution in [-0.4, -0.2) is 24.8 Å². The second-order valence-electron chi connectivity index (χ2n) is 10.2. The topological polar surface area (TPSA) is 96.5 Å². The Kier molecular flexibility index (Phi) is 11.2. The van der Waals surface area contributed by atoms with Gasteiger partial charge in [0.15, 0.2) is 0 Å². The average Bonchev–Trinajstić information content (AvgIpc) is 3.09. The third-order valence-electron chi connectivity index (χ3n) is 6.81. The number of amides is 3. The van der Waals surface area contributed by atoms with Gasteiger partial charge in [-0.2, -0.15) is 0 Å². The van der Waals surface area contributed by atoms with Crippen molar-refractivity contribution in [2.75, 3.05) is 17.7 Å². The monoisotopic (exact) mass is 709 g/mol. The summed E-state index contributed by atoms with van der Waals surface area (Å²) in [5.41, 5.74) is 2.28. The summed E-state index contributed by atoms with van der Waals surface area (Å²) in [6.07, 6.45) is 1.56. The number of halogens is 2. The second kappa shape index (κ2) is 15.9. The summed E-state index contributed by atoms with van der Waals surface area (Å²) in [5.74, 6) is -1.38. The van der Waals surface area contributed by atoms with Crippen molar-refractivity contribution in [3.05, 3.63) is 160 Å². The molecule has 0 spiro atoms. The maximum absolute atomic E-state index is 14.6. The molecule has 0 radical (unpaired) electrons. The largest absolute Gasteiger partial charge is 0.497 e. The van der Waals surface area contributed by atoms with Gasteiger partial charge in [0.2, 0.25) is 5.91 Å². The average molecular weight is 711 g/mol. The number of thioether (sulfide) groups is 1. The van der Waals surface area contributed by atoms with E-state index in [1.54, 1.807) is 92.0 Å². The highest BCUT2D eigenvalue weighted by Crippen LogP contribution is 2.37. The minimum Gasteiger partial charge on any atom is -0.497 e. The summed E-state index contributed by atoms with van der Waals surface area (Å²) in [5, 5.41) is 7.56. The minimum atomic E-state index is -0.737. The normalized spacial score (nSPS) is 11.7. The van der Waals surface area contributed by atoms with Crippen molar-refractivity contribution in [2.45, 2.75) is 10.1 Å². The van der Waals surface area contributed by atoms with Crippen molar-refractivity contribution in [1.82, 2.24) is 5.32 Å². The molecule has 10 heteroatoms. The number of hydrogen-bond acceptors (Lipinski definition) is 5. The Morgan fingerprint density at radius 3 is 2.26 bits per heavy atom. The SMILES string of the molecule is COc1cccc(/C=C(\NC(=O)c2ccccc2)C(=O)Nc2cccc(SC(C(=O)Nc3ccc(Br)cc3F)c3ccccc3)c2)c1. The molecule has 0 heterocycles. The highest BCUT2D eigenvalue weighted by molar-refractivity contribution is 9.10. The summed E-state index contributed by atoms with van der Waals surface area (Å²) in [7, 11) is 1.55. The molecule has 0 aromatic heterocycles. The first kappa shape index (κ1) is 33.2. The number of hydrogen-bond donors (Lipinski definition) is 3. The Bertz CT molecular complexity index is 1920. The standard InChI is InChI=1S/C37H29BrFN3O4S/c1-46-29-16-8-10-24(20-29)21-33(42-35(43)26-13-6-3-7-14-26)36(44)40-28-15-9-17-30(23-28)47-34(25-11-4-2-5-12-25)37(45)41-32-19-18-27(38)22-31(32)39/h2-23,34H,1H3,(H,40,44)(H,41,45)(H,42,43)/b33-21-. The van der Waals surface area contributed by atoms with Crippen LogP contribution >= 0.6 is 27.7 Å². The van der Waals surface area contributed by atoms with Crippen molar-refractivity contribution < 1.29 is 23.5 Å². The second-order valence-corrected chi connectivity index (χ2v) is 12.3. The Hall–Kier alpha value is -5.19. The Labute approximate surface area is 284 Å². The predicted octanol–water partition coefficient (Wildman–Crippen LogP) is 8.48. The van der Waals surface area contributed by atoms with E-state index in [1.807, 2.05) is 36.4 Å². The van der Waals surface area contributed by atoms with Gasteiger partial charge in [-0.05, 0) is 77.9 Å². The molecule has 0 aliphatic heterocycles. The molecule has 0 aliphatic rings. The fourth-order valence-corrected chi connectivity index (χ4v) is 5.93. The van der Waals surface area contributed by atoms with E-state index >= 15 is 0 Å². The number of nitrogens with one attached hydrogen (secondary N) is 3. The molecule has 0 bridgehead atoms. The molecule has 0 saturated heterocycles. The minimum absolute atomic E-state index is 0.0169. The number of carbonyl (C=O) groups is 3. The first-order chi connectivity index (χ1) is 22.8. The van der Waals surface area contributed by atoms with Gasteiger partial charge < -0.3 is 20.7 Å². The Balaban J connectivity index is 1.39. The Morgan fingerprint density at radius 2 is 1.53 bits per heavy atom. The predicted molar refractivity (Wildman–Crippen MR) is 188 cm³/mol. The van der Waals surface area contributed by atoms with Gasteiger partial charge in [0.05, 0.1) is 12.8 Å². The number of anilines is 2. The van der Waals surface area contributed by atoms with Crippen molar-refractivity contribution >= 4 is 62.9 Å². The number of methoxy groups -OCH3 is 1. The van der Waals surface area contributed by atoms with Crippen LogP contribution in [0.3, 0.4) is 0 Å². The smallest absolute Gasteiger partial charge is 0.272 e. The highest BCUT2D eigenvalue weighted by Gasteiger charge is 2.24. The molecule has 236 valence electrons. The summed E-state index contributed by atoms with van der Waals surface area (Å²) in [6, 6.07) is 36.3. The Morgan fingerprint density at radius 1 is 0.809 bits per heavy atom. The molecule has 1 atom stereocenters. The van der Waals surface area contributed by atoms with Crippen LogP contribution in [0.2, 0.25) is 0 Å². The van der Waals surface area contributed by atoms with Crippen LogP contribution < -0.4 is 20.7 Å². The quantitative estimate of drug-likeness (QED) is 0.0945. The zero-order valence-electron chi connectivity index (χ0n) is 25.1. The molecule has 1 unspecified atom stereocenters. The van der Waals surface area contributed by atoms with Crippen LogP contribution in [-0.2, 0) is 9.59 Å². The molecule has 3 N–H and O–H groups in total. The first-order valence-corrected chi connectivity index (χ1v) is 16.1. The van der Waals surface area contributed by atoms with Crippen LogP contribution in [0.4, 0.5) is 15.8 Å². The summed E-state index contributed by atoms with van der Waals surface area (Å²) in [4.78, 5) is 40.9. The zero-order valence-corrected chi connectivity index (χ0v) is 27.5. The van der Waals surface area contributed by atoms with Gasteiger partial charge in [0, 0.05) is 20.6 Å². The van der Waals surface area contributed by atoms with Gasteiger partial charge in [-0.15, -0.1) is 11.8 Å². The van der Waals surface area contributed by atoms with Crippen molar-refractivity contribution in [2.24, 2.45) is 0 Å². The lowest BCUT2D eigenvalue weighted by atomic mass is 10.1. The van der Waals surface area contributed by atoms with Gasteiger partial charge in [-0.25, -0.2) is 4.39 Å². The van der Waals surface area contributed by atoms with Gasteiger partial charge >= 0.3 is 0 Å². The lowest BCUT2D eigenvalue weighted by molar-refractivity contribution is -0.116. The van der Waals surface area contributed by atoms with E-state index in [4.69, 9.17) is 4.74 Å². The van der Waals surface area contributed by atoms with E-state index < -0.39 is 28.8 Å². The zero-order chi connectivity index (χ0) is 33.2. The molecular formula is C37H29BrFN3O4S. The molecular weight excluding hydrogens is 681 g/mol. The van der Waals surface area contributed by atoms with Crippen LogP contribution in [0.25, 0.3) is 6.08 Å². The maximum Gasteiger partial charge on any atom is 0.272 e.